The van der Waals surface area contributed by atoms with E-state index in [1.807, 2.05) is 37.3 Å². The van der Waals surface area contributed by atoms with Crippen molar-refractivity contribution in [2.24, 2.45) is 0 Å². The van der Waals surface area contributed by atoms with Crippen molar-refractivity contribution < 1.29 is 13.2 Å². The number of benzene rings is 2. The summed E-state index contributed by atoms with van der Waals surface area (Å²) >= 11 is 0. The molecule has 4 nitrogen and oxygen atoms in total. The number of hydrogen-bond donors (Lipinski definition) is 0. The molecule has 3 rings (SSSR count). The molecule has 0 saturated carbocycles. The molecule has 1 aliphatic heterocycles. The Bertz CT molecular complexity index is 800. The van der Waals surface area contributed by atoms with Gasteiger partial charge in [0.1, 0.15) is 11.8 Å². The van der Waals surface area contributed by atoms with E-state index in [-0.39, 0.29) is 4.90 Å². The van der Waals surface area contributed by atoms with E-state index in [9.17, 15) is 13.2 Å². The fourth-order valence-electron chi connectivity index (χ4n) is 2.82. The third-order valence-corrected chi connectivity index (χ3v) is 6.12. The monoisotopic (exact) mass is 315 g/mol. The maximum Gasteiger partial charge on any atom is 0.244 e. The van der Waals surface area contributed by atoms with E-state index in [4.69, 9.17) is 0 Å². The molecule has 3 unspecified atom stereocenters. The third kappa shape index (κ3) is 2.17. The standard InChI is InChI=1S/C17H17NO3S/c1-13-8-10-15(11-9-13)22(20,21)18-16(17(18,2)12-19)14-6-4-3-5-7-14/h3-12,16H,1-2H3. The highest BCUT2D eigenvalue weighted by Gasteiger charge is 2.66. The van der Waals surface area contributed by atoms with E-state index in [0.717, 1.165) is 17.4 Å². The second-order valence-electron chi connectivity index (χ2n) is 5.77. The smallest absolute Gasteiger partial charge is 0.244 e. The van der Waals surface area contributed by atoms with Gasteiger partial charge in [-0.05, 0) is 31.5 Å². The van der Waals surface area contributed by atoms with Crippen LogP contribution in [0.2, 0.25) is 0 Å². The lowest BCUT2D eigenvalue weighted by Gasteiger charge is -2.08. The predicted octanol–water partition coefficient (Wildman–Crippen LogP) is 2.70. The minimum Gasteiger partial charge on any atom is -0.301 e. The van der Waals surface area contributed by atoms with Crippen LogP contribution in [0.25, 0.3) is 0 Å². The Hall–Kier alpha value is -1.98. The summed E-state index contributed by atoms with van der Waals surface area (Å²) < 4.78 is 26.9. The number of aryl methyl sites for hydroxylation is 1. The molecule has 114 valence electrons. The Kier molecular flexibility index (Phi) is 3.42. The second kappa shape index (κ2) is 5.04. The maximum atomic E-state index is 12.8. The Morgan fingerprint density at radius 1 is 1.05 bits per heavy atom. The molecule has 0 N–H and O–H groups in total. The first-order valence-electron chi connectivity index (χ1n) is 7.04. The first-order valence-corrected chi connectivity index (χ1v) is 8.48. The van der Waals surface area contributed by atoms with Crippen LogP contribution < -0.4 is 0 Å². The van der Waals surface area contributed by atoms with Crippen molar-refractivity contribution in [2.75, 3.05) is 0 Å². The van der Waals surface area contributed by atoms with Crippen LogP contribution in [0, 0.1) is 6.92 Å². The molecule has 22 heavy (non-hydrogen) atoms. The molecule has 1 heterocycles. The van der Waals surface area contributed by atoms with Crippen LogP contribution in [0.15, 0.2) is 59.5 Å². The van der Waals surface area contributed by atoms with E-state index < -0.39 is 21.6 Å². The fourth-order valence-corrected chi connectivity index (χ4v) is 4.75. The molecule has 0 aromatic heterocycles. The van der Waals surface area contributed by atoms with Gasteiger partial charge in [0.05, 0.1) is 10.9 Å². The highest BCUT2D eigenvalue weighted by molar-refractivity contribution is 7.89. The molecule has 1 saturated heterocycles. The van der Waals surface area contributed by atoms with Gasteiger partial charge in [0, 0.05) is 0 Å². The molecule has 2 aromatic carbocycles. The van der Waals surface area contributed by atoms with Crippen LogP contribution >= 0.6 is 0 Å². The molecule has 1 fully saturated rings. The summed E-state index contributed by atoms with van der Waals surface area (Å²) in [4.78, 5) is 11.7. The molecule has 0 amide bonds. The molecular weight excluding hydrogens is 298 g/mol. The Morgan fingerprint density at radius 3 is 2.18 bits per heavy atom. The summed E-state index contributed by atoms with van der Waals surface area (Å²) in [6.45, 7) is 3.56. The number of hydrogen-bond acceptors (Lipinski definition) is 3. The lowest BCUT2D eigenvalue weighted by atomic mass is 10.0. The number of aldehydes is 1. The van der Waals surface area contributed by atoms with Crippen molar-refractivity contribution in [1.29, 1.82) is 0 Å². The Morgan fingerprint density at radius 2 is 1.64 bits per heavy atom. The average molecular weight is 315 g/mol. The van der Waals surface area contributed by atoms with Gasteiger partial charge in [-0.2, -0.15) is 4.31 Å². The molecular formula is C17H17NO3S. The van der Waals surface area contributed by atoms with E-state index in [0.29, 0.717) is 0 Å². The Balaban J connectivity index is 2.03. The quantitative estimate of drug-likeness (QED) is 0.644. The lowest BCUT2D eigenvalue weighted by Crippen LogP contribution is -2.22. The Labute approximate surface area is 130 Å². The summed E-state index contributed by atoms with van der Waals surface area (Å²) in [6.07, 6.45) is 0.719. The van der Waals surface area contributed by atoms with Gasteiger partial charge >= 0.3 is 0 Å². The number of carbonyl (C=O) groups is 1. The maximum absolute atomic E-state index is 12.8. The number of rotatable bonds is 4. The summed E-state index contributed by atoms with van der Waals surface area (Å²) in [5.74, 6) is 0. The van der Waals surface area contributed by atoms with Crippen molar-refractivity contribution in [3.63, 3.8) is 0 Å². The van der Waals surface area contributed by atoms with Crippen LogP contribution in [0.3, 0.4) is 0 Å². The SMILES string of the molecule is Cc1ccc(S(=O)(=O)N2C(c3ccccc3)C2(C)C=O)cc1. The van der Waals surface area contributed by atoms with Crippen molar-refractivity contribution in [1.82, 2.24) is 4.31 Å². The third-order valence-electron chi connectivity index (χ3n) is 4.13. The van der Waals surface area contributed by atoms with E-state index in [1.165, 1.54) is 4.31 Å². The zero-order chi connectivity index (χ0) is 16.0. The van der Waals surface area contributed by atoms with Crippen LogP contribution in [-0.4, -0.2) is 24.5 Å². The molecule has 2 aromatic rings. The van der Waals surface area contributed by atoms with Gasteiger partial charge in [0.15, 0.2) is 0 Å². The van der Waals surface area contributed by atoms with Crippen molar-refractivity contribution >= 4 is 16.3 Å². The van der Waals surface area contributed by atoms with E-state index in [2.05, 4.69) is 0 Å². The van der Waals surface area contributed by atoms with Gasteiger partial charge < -0.3 is 4.79 Å². The van der Waals surface area contributed by atoms with Crippen LogP contribution in [0.4, 0.5) is 0 Å². The molecule has 1 aliphatic rings. The van der Waals surface area contributed by atoms with Gasteiger partial charge in [-0.15, -0.1) is 0 Å². The molecule has 0 aliphatic carbocycles. The average Bonchev–Trinajstić information content (AvgIpc) is 3.16. The zero-order valence-electron chi connectivity index (χ0n) is 12.4. The first kappa shape index (κ1) is 14.9. The summed E-state index contributed by atoms with van der Waals surface area (Å²) in [6, 6.07) is 15.5. The van der Waals surface area contributed by atoms with Gasteiger partial charge in [0.2, 0.25) is 10.0 Å². The van der Waals surface area contributed by atoms with Crippen LogP contribution in [0.1, 0.15) is 24.1 Å². The highest BCUT2D eigenvalue weighted by Crippen LogP contribution is 2.55. The van der Waals surface area contributed by atoms with Crippen molar-refractivity contribution in [3.05, 3.63) is 65.7 Å². The topological polar surface area (TPSA) is 54.2 Å². The van der Waals surface area contributed by atoms with Gasteiger partial charge in [-0.3, -0.25) is 0 Å². The van der Waals surface area contributed by atoms with Gasteiger partial charge in [0.25, 0.3) is 0 Å². The van der Waals surface area contributed by atoms with E-state index >= 15 is 0 Å². The zero-order valence-corrected chi connectivity index (χ0v) is 13.2. The van der Waals surface area contributed by atoms with Crippen molar-refractivity contribution in [3.8, 4) is 0 Å². The fraction of sp³-hybridized carbons (Fsp3) is 0.235. The molecule has 0 spiro atoms. The normalized spacial score (nSPS) is 27.4. The number of sulfonamides is 1. The predicted molar refractivity (Wildman–Crippen MR) is 83.9 cm³/mol. The second-order valence-corrected chi connectivity index (χ2v) is 7.59. The van der Waals surface area contributed by atoms with Crippen molar-refractivity contribution in [2.45, 2.75) is 30.3 Å². The largest absolute Gasteiger partial charge is 0.301 e. The summed E-state index contributed by atoms with van der Waals surface area (Å²) in [7, 11) is -3.70. The van der Waals surface area contributed by atoms with Gasteiger partial charge in [-0.25, -0.2) is 8.42 Å². The van der Waals surface area contributed by atoms with Crippen LogP contribution in [0.5, 0.6) is 0 Å². The van der Waals surface area contributed by atoms with E-state index in [1.54, 1.807) is 31.2 Å². The highest BCUT2D eigenvalue weighted by atomic mass is 32.2. The van der Waals surface area contributed by atoms with Crippen LogP contribution in [-0.2, 0) is 14.8 Å². The lowest BCUT2D eigenvalue weighted by molar-refractivity contribution is -0.110. The molecule has 3 atom stereocenters. The van der Waals surface area contributed by atoms with Gasteiger partial charge in [-0.1, -0.05) is 48.0 Å². The number of nitrogens with zero attached hydrogens (tertiary/aromatic N) is 1. The minimum absolute atomic E-state index is 0.213. The number of carbonyl (C=O) groups excluding carboxylic acids is 1. The molecule has 0 radical (unpaired) electrons. The molecule has 5 heteroatoms. The minimum atomic E-state index is -3.70. The summed E-state index contributed by atoms with van der Waals surface area (Å²) in [5, 5.41) is 0. The first-order chi connectivity index (χ1) is 10.4. The summed E-state index contributed by atoms with van der Waals surface area (Å²) in [5.41, 5.74) is 0.792. The molecule has 0 bridgehead atoms.